The van der Waals surface area contributed by atoms with E-state index in [1.54, 1.807) is 6.07 Å². The van der Waals surface area contributed by atoms with E-state index in [2.05, 4.69) is 15.6 Å². The summed E-state index contributed by atoms with van der Waals surface area (Å²) >= 11 is 0. The highest BCUT2D eigenvalue weighted by Crippen LogP contribution is 2.14. The molecule has 0 spiro atoms. The summed E-state index contributed by atoms with van der Waals surface area (Å²) in [6.45, 7) is 0.373. The lowest BCUT2D eigenvalue weighted by Gasteiger charge is -2.07. The van der Waals surface area contributed by atoms with Crippen LogP contribution in [0.5, 0.6) is 0 Å². The first-order valence-electron chi connectivity index (χ1n) is 5.79. The van der Waals surface area contributed by atoms with Gasteiger partial charge in [-0.25, -0.2) is 4.68 Å². The van der Waals surface area contributed by atoms with Crippen LogP contribution < -0.4 is 5.32 Å². The first-order valence-corrected chi connectivity index (χ1v) is 5.79. The Labute approximate surface area is 115 Å². The van der Waals surface area contributed by atoms with E-state index >= 15 is 0 Å². The van der Waals surface area contributed by atoms with Crippen LogP contribution in [0.4, 0.5) is 5.82 Å². The fourth-order valence-corrected chi connectivity index (χ4v) is 1.63. The SMILES string of the molecule is N#CCC(=O)Nc1c(C#N)nnn1Cc1ccccc1. The molecule has 0 aliphatic rings. The number of carbonyl (C=O) groups excluding carboxylic acids is 1. The van der Waals surface area contributed by atoms with Crippen molar-refractivity contribution in [3.8, 4) is 12.1 Å². The monoisotopic (exact) mass is 266 g/mol. The van der Waals surface area contributed by atoms with E-state index in [1.807, 2.05) is 36.4 Å². The number of aromatic nitrogens is 3. The van der Waals surface area contributed by atoms with E-state index in [-0.39, 0.29) is 17.9 Å². The molecule has 20 heavy (non-hydrogen) atoms. The van der Waals surface area contributed by atoms with Crippen LogP contribution >= 0.6 is 0 Å². The second-order valence-electron chi connectivity index (χ2n) is 3.92. The molecule has 0 aliphatic carbocycles. The smallest absolute Gasteiger partial charge is 0.239 e. The molecule has 0 fully saturated rings. The number of nitrogens with one attached hydrogen (secondary N) is 1. The molecular formula is C13H10N6O. The summed E-state index contributed by atoms with van der Waals surface area (Å²) in [6.07, 6.45) is -0.290. The lowest BCUT2D eigenvalue weighted by Crippen LogP contribution is -2.16. The average Bonchev–Trinajstić information content (AvgIpc) is 2.82. The molecule has 0 radical (unpaired) electrons. The summed E-state index contributed by atoms with van der Waals surface area (Å²) in [4.78, 5) is 11.5. The second kappa shape index (κ2) is 6.12. The molecule has 98 valence electrons. The molecular weight excluding hydrogens is 256 g/mol. The molecule has 7 heteroatoms. The minimum absolute atomic E-state index is 0.0206. The van der Waals surface area contributed by atoms with Gasteiger partial charge in [0, 0.05) is 0 Å². The number of hydrogen-bond acceptors (Lipinski definition) is 5. The van der Waals surface area contributed by atoms with Crippen LogP contribution in [0.2, 0.25) is 0 Å². The molecule has 0 saturated carbocycles. The molecule has 1 aromatic carbocycles. The van der Waals surface area contributed by atoms with Gasteiger partial charge >= 0.3 is 0 Å². The van der Waals surface area contributed by atoms with Crippen LogP contribution in [0.25, 0.3) is 0 Å². The average molecular weight is 266 g/mol. The molecule has 1 amide bonds. The normalized spacial score (nSPS) is 9.50. The van der Waals surface area contributed by atoms with Crippen molar-refractivity contribution in [3.05, 3.63) is 41.6 Å². The van der Waals surface area contributed by atoms with E-state index in [4.69, 9.17) is 10.5 Å². The summed E-state index contributed by atoms with van der Waals surface area (Å²) < 4.78 is 1.42. The number of carbonyl (C=O) groups is 1. The van der Waals surface area contributed by atoms with Gasteiger partial charge in [0.05, 0.1) is 12.6 Å². The van der Waals surface area contributed by atoms with Crippen LogP contribution in [0.1, 0.15) is 17.7 Å². The maximum absolute atomic E-state index is 11.5. The molecule has 0 atom stereocenters. The number of rotatable bonds is 4. The number of benzene rings is 1. The van der Waals surface area contributed by atoms with E-state index in [0.29, 0.717) is 6.54 Å². The third kappa shape index (κ3) is 2.98. The fraction of sp³-hybridized carbons (Fsp3) is 0.154. The van der Waals surface area contributed by atoms with E-state index in [0.717, 1.165) is 5.56 Å². The van der Waals surface area contributed by atoms with Gasteiger partial charge < -0.3 is 5.32 Å². The topological polar surface area (TPSA) is 107 Å². The molecule has 1 N–H and O–H groups in total. The van der Waals surface area contributed by atoms with Crippen molar-refractivity contribution in [2.75, 3.05) is 5.32 Å². The van der Waals surface area contributed by atoms with Gasteiger partial charge in [-0.2, -0.15) is 10.5 Å². The highest BCUT2D eigenvalue weighted by atomic mass is 16.1. The van der Waals surface area contributed by atoms with Crippen LogP contribution in [-0.2, 0) is 11.3 Å². The van der Waals surface area contributed by atoms with E-state index in [9.17, 15) is 4.79 Å². The van der Waals surface area contributed by atoms with Crippen molar-refractivity contribution in [3.63, 3.8) is 0 Å². The van der Waals surface area contributed by atoms with Crippen LogP contribution in [0.15, 0.2) is 30.3 Å². The number of hydrogen-bond donors (Lipinski definition) is 1. The maximum atomic E-state index is 11.5. The lowest BCUT2D eigenvalue weighted by atomic mass is 10.2. The van der Waals surface area contributed by atoms with E-state index < -0.39 is 5.91 Å². The molecule has 2 aromatic rings. The number of anilines is 1. The highest BCUT2D eigenvalue weighted by molar-refractivity contribution is 5.92. The fourth-order valence-electron chi connectivity index (χ4n) is 1.63. The van der Waals surface area contributed by atoms with Crippen LogP contribution in [0.3, 0.4) is 0 Å². The summed E-state index contributed by atoms with van der Waals surface area (Å²) in [5.41, 5.74) is 0.977. The van der Waals surface area contributed by atoms with Crippen molar-refractivity contribution in [1.29, 1.82) is 10.5 Å². The Balaban J connectivity index is 2.26. The molecule has 0 bridgehead atoms. The summed E-state index contributed by atoms with van der Waals surface area (Å²) in [6, 6.07) is 13.0. The molecule has 1 aromatic heterocycles. The molecule has 2 rings (SSSR count). The quantitative estimate of drug-likeness (QED) is 0.889. The Morgan fingerprint density at radius 3 is 2.70 bits per heavy atom. The van der Waals surface area contributed by atoms with E-state index in [1.165, 1.54) is 4.68 Å². The van der Waals surface area contributed by atoms with Gasteiger partial charge in [0.25, 0.3) is 0 Å². The van der Waals surface area contributed by atoms with Gasteiger partial charge in [-0.3, -0.25) is 4.79 Å². The van der Waals surface area contributed by atoms with Gasteiger partial charge in [-0.1, -0.05) is 35.5 Å². The highest BCUT2D eigenvalue weighted by Gasteiger charge is 2.15. The van der Waals surface area contributed by atoms with Gasteiger partial charge in [-0.05, 0) is 5.56 Å². The Bertz CT molecular complexity index is 692. The zero-order chi connectivity index (χ0) is 14.4. The zero-order valence-electron chi connectivity index (χ0n) is 10.4. The molecule has 7 nitrogen and oxygen atoms in total. The van der Waals surface area contributed by atoms with Gasteiger partial charge in [0.15, 0.2) is 5.82 Å². The summed E-state index contributed by atoms with van der Waals surface area (Å²) in [5, 5.41) is 27.5. The summed E-state index contributed by atoms with van der Waals surface area (Å²) in [5.74, 6) is -0.294. The first kappa shape index (κ1) is 13.2. The van der Waals surface area contributed by atoms with Crippen LogP contribution in [0, 0.1) is 22.7 Å². The van der Waals surface area contributed by atoms with Crippen LogP contribution in [-0.4, -0.2) is 20.9 Å². The maximum Gasteiger partial charge on any atom is 0.239 e. The first-order chi connectivity index (χ1) is 9.74. The Kier molecular flexibility index (Phi) is 4.05. The minimum Gasteiger partial charge on any atom is -0.307 e. The molecule has 0 saturated heterocycles. The van der Waals surface area contributed by atoms with Crippen molar-refractivity contribution < 1.29 is 4.79 Å². The summed E-state index contributed by atoms with van der Waals surface area (Å²) in [7, 11) is 0. The molecule has 0 unspecified atom stereocenters. The number of amides is 1. The number of nitrogens with zero attached hydrogens (tertiary/aromatic N) is 5. The lowest BCUT2D eigenvalue weighted by molar-refractivity contribution is -0.115. The third-order valence-corrected chi connectivity index (χ3v) is 2.51. The predicted octanol–water partition coefficient (Wildman–Crippen LogP) is 1.05. The molecule has 0 aliphatic heterocycles. The van der Waals surface area contributed by atoms with Crippen molar-refractivity contribution in [2.24, 2.45) is 0 Å². The Hall–Kier alpha value is -3.19. The predicted molar refractivity (Wildman–Crippen MR) is 69.1 cm³/mol. The number of nitriles is 2. The van der Waals surface area contributed by atoms with Gasteiger partial charge in [-0.15, -0.1) is 5.10 Å². The van der Waals surface area contributed by atoms with Crippen molar-refractivity contribution in [2.45, 2.75) is 13.0 Å². The third-order valence-electron chi connectivity index (χ3n) is 2.51. The van der Waals surface area contributed by atoms with Gasteiger partial charge in [0.2, 0.25) is 11.6 Å². The Morgan fingerprint density at radius 1 is 1.30 bits per heavy atom. The molecule has 1 heterocycles. The van der Waals surface area contributed by atoms with Gasteiger partial charge in [0.1, 0.15) is 12.5 Å². The van der Waals surface area contributed by atoms with Crippen molar-refractivity contribution >= 4 is 11.7 Å². The minimum atomic E-state index is -0.499. The Morgan fingerprint density at radius 2 is 2.05 bits per heavy atom. The largest absolute Gasteiger partial charge is 0.307 e. The zero-order valence-corrected chi connectivity index (χ0v) is 10.4. The standard InChI is InChI=1S/C13H10N6O/c14-7-6-12(20)16-13-11(8-15)17-18-19(13)9-10-4-2-1-3-5-10/h1-5H,6,9H2,(H,16,20). The van der Waals surface area contributed by atoms with Crippen molar-refractivity contribution in [1.82, 2.24) is 15.0 Å². The second-order valence-corrected chi connectivity index (χ2v) is 3.92.